The van der Waals surface area contributed by atoms with Crippen molar-refractivity contribution in [3.8, 4) is 6.07 Å². The summed E-state index contributed by atoms with van der Waals surface area (Å²) in [5.41, 5.74) is -4.50. The van der Waals surface area contributed by atoms with E-state index in [9.17, 15) is 40.3 Å². The predicted molar refractivity (Wildman–Crippen MR) is 136 cm³/mol. The normalized spacial score (nSPS) is 11.9. The third kappa shape index (κ3) is 6.95. The number of hydrogen-bond acceptors (Lipinski definition) is 4. The van der Waals surface area contributed by atoms with Gasteiger partial charge in [0, 0.05) is 30.7 Å². The molecule has 216 valence electrons. The number of anilines is 3. The van der Waals surface area contributed by atoms with Crippen molar-refractivity contribution >= 4 is 29.4 Å². The Bertz CT molecular complexity index is 1480. The molecule has 13 heteroatoms. The van der Waals surface area contributed by atoms with Crippen LogP contribution in [0.3, 0.4) is 0 Å². The Morgan fingerprint density at radius 2 is 1.59 bits per heavy atom. The first-order chi connectivity index (χ1) is 19.0. The van der Waals surface area contributed by atoms with Gasteiger partial charge in [-0.15, -0.1) is 0 Å². The highest BCUT2D eigenvalue weighted by molar-refractivity contribution is 6.00. The van der Waals surface area contributed by atoms with Crippen LogP contribution in [0.4, 0.5) is 47.8 Å². The van der Waals surface area contributed by atoms with Crippen LogP contribution in [0.15, 0.2) is 60.7 Å². The molecule has 0 unspecified atom stereocenters. The zero-order chi connectivity index (χ0) is 30.8. The number of nitrogens with zero attached hydrogens (tertiary/aromatic N) is 3. The number of likely N-dealkylation sites (N-methyl/N-ethyl adjacent to an activating group) is 1. The van der Waals surface area contributed by atoms with E-state index in [1.54, 1.807) is 0 Å². The molecular formula is C28H23F7N4O2. The van der Waals surface area contributed by atoms with Gasteiger partial charge in [-0.3, -0.25) is 9.59 Å². The Balaban J connectivity index is 1.98. The number of hydrogen-bond donors (Lipinski definition) is 1. The number of halogens is 7. The molecule has 0 atom stereocenters. The zero-order valence-electron chi connectivity index (χ0n) is 21.9. The van der Waals surface area contributed by atoms with Gasteiger partial charge in [-0.25, -0.2) is 4.39 Å². The molecule has 2 amide bonds. The fraction of sp³-hybridized carbons (Fsp3) is 0.250. The van der Waals surface area contributed by atoms with E-state index in [-0.39, 0.29) is 23.3 Å². The van der Waals surface area contributed by atoms with Gasteiger partial charge in [0.15, 0.2) is 0 Å². The first kappa shape index (κ1) is 30.9. The summed E-state index contributed by atoms with van der Waals surface area (Å²) in [6, 6.07) is 11.8. The number of alkyl halides is 6. The molecule has 1 N–H and O–H groups in total. The minimum Gasteiger partial charge on any atom is -0.355 e. The fourth-order valence-electron chi connectivity index (χ4n) is 3.99. The van der Waals surface area contributed by atoms with Crippen molar-refractivity contribution in [2.45, 2.75) is 38.3 Å². The molecule has 41 heavy (non-hydrogen) atoms. The van der Waals surface area contributed by atoms with Crippen LogP contribution in [0, 0.1) is 17.1 Å². The van der Waals surface area contributed by atoms with E-state index in [2.05, 4.69) is 5.32 Å². The standard InChI is InChI=1S/C28H23F7N4O2/c1-26(2,25(41)38(3)22-10-4-17(14-36)23(13-22)28(33,34)35)39(16-40)15-18-12-19(27(30,31)32)5-11-24(18)37-21-8-6-20(29)7-9-21/h4-13,16,37H,15H2,1-3H3. The monoisotopic (exact) mass is 580 g/mol. The Hall–Kier alpha value is -4.60. The Kier molecular flexibility index (Phi) is 8.66. The summed E-state index contributed by atoms with van der Waals surface area (Å²) in [7, 11) is 1.17. The number of benzene rings is 3. The minimum atomic E-state index is -4.88. The molecule has 0 spiro atoms. The highest BCUT2D eigenvalue weighted by atomic mass is 19.4. The molecule has 3 rings (SSSR count). The lowest BCUT2D eigenvalue weighted by Gasteiger charge is -2.38. The molecule has 0 fully saturated rings. The maximum Gasteiger partial charge on any atom is 0.417 e. The van der Waals surface area contributed by atoms with Gasteiger partial charge < -0.3 is 15.1 Å². The predicted octanol–water partition coefficient (Wildman–Crippen LogP) is 6.88. The first-order valence-corrected chi connectivity index (χ1v) is 11.8. The first-order valence-electron chi connectivity index (χ1n) is 11.8. The summed E-state index contributed by atoms with van der Waals surface area (Å²) in [5, 5.41) is 11.9. The topological polar surface area (TPSA) is 76.4 Å². The number of carbonyl (C=O) groups is 2. The molecule has 0 aliphatic heterocycles. The van der Waals surface area contributed by atoms with E-state index in [0.29, 0.717) is 11.8 Å². The molecule has 0 heterocycles. The second kappa shape index (κ2) is 11.5. The van der Waals surface area contributed by atoms with E-state index in [1.807, 2.05) is 0 Å². The van der Waals surface area contributed by atoms with Crippen LogP contribution in [0.2, 0.25) is 0 Å². The summed E-state index contributed by atoms with van der Waals surface area (Å²) in [6.45, 7) is 2.06. The lowest BCUT2D eigenvalue weighted by atomic mass is 9.98. The molecule has 0 saturated heterocycles. The smallest absolute Gasteiger partial charge is 0.355 e. The Morgan fingerprint density at radius 3 is 2.12 bits per heavy atom. The van der Waals surface area contributed by atoms with Crippen molar-refractivity contribution in [2.24, 2.45) is 0 Å². The van der Waals surface area contributed by atoms with Crippen LogP contribution in [-0.4, -0.2) is 29.8 Å². The van der Waals surface area contributed by atoms with E-state index >= 15 is 0 Å². The van der Waals surface area contributed by atoms with Crippen molar-refractivity contribution in [1.82, 2.24) is 4.90 Å². The van der Waals surface area contributed by atoms with Crippen molar-refractivity contribution < 1.29 is 40.3 Å². The van der Waals surface area contributed by atoms with Crippen LogP contribution < -0.4 is 10.2 Å². The second-order valence-electron chi connectivity index (χ2n) is 9.50. The minimum absolute atomic E-state index is 0.0440. The summed E-state index contributed by atoms with van der Waals surface area (Å²) in [6.07, 6.45) is -9.37. The van der Waals surface area contributed by atoms with Crippen molar-refractivity contribution in [3.63, 3.8) is 0 Å². The number of amides is 2. The highest BCUT2D eigenvalue weighted by Crippen LogP contribution is 2.36. The largest absolute Gasteiger partial charge is 0.417 e. The van der Waals surface area contributed by atoms with Crippen LogP contribution in [-0.2, 0) is 28.5 Å². The molecule has 3 aromatic rings. The van der Waals surface area contributed by atoms with Crippen LogP contribution in [0.1, 0.15) is 36.1 Å². The maximum atomic E-state index is 13.5. The lowest BCUT2D eigenvalue weighted by molar-refractivity contribution is -0.138. The van der Waals surface area contributed by atoms with Gasteiger partial charge in [0.05, 0.1) is 22.8 Å². The van der Waals surface area contributed by atoms with Gasteiger partial charge in [0.2, 0.25) is 6.41 Å². The van der Waals surface area contributed by atoms with E-state index in [0.717, 1.165) is 52.3 Å². The number of nitrogens with one attached hydrogen (secondary N) is 1. The highest BCUT2D eigenvalue weighted by Gasteiger charge is 2.39. The van der Waals surface area contributed by atoms with Crippen molar-refractivity contribution in [2.75, 3.05) is 17.3 Å². The molecule has 0 bridgehead atoms. The number of carbonyl (C=O) groups excluding carboxylic acids is 2. The summed E-state index contributed by atoms with van der Waals surface area (Å²) < 4.78 is 94.2. The van der Waals surface area contributed by atoms with Crippen LogP contribution >= 0.6 is 0 Å². The Labute approximate surface area is 230 Å². The average molecular weight is 581 g/mol. The molecular weight excluding hydrogens is 557 g/mol. The van der Waals surface area contributed by atoms with Crippen LogP contribution in [0.25, 0.3) is 0 Å². The summed E-state index contributed by atoms with van der Waals surface area (Å²) in [4.78, 5) is 27.4. The van der Waals surface area contributed by atoms with Gasteiger partial charge in [-0.05, 0) is 80.1 Å². The molecule has 0 saturated carbocycles. The molecule has 0 radical (unpaired) electrons. The van der Waals surface area contributed by atoms with E-state index in [1.165, 1.54) is 39.1 Å². The molecule has 0 aliphatic carbocycles. The molecule has 0 aromatic heterocycles. The van der Waals surface area contributed by atoms with Gasteiger partial charge in [0.25, 0.3) is 5.91 Å². The maximum absolute atomic E-state index is 13.5. The van der Waals surface area contributed by atoms with Gasteiger partial charge in [-0.2, -0.15) is 31.6 Å². The third-order valence-electron chi connectivity index (χ3n) is 6.39. The average Bonchev–Trinajstić information content (AvgIpc) is 2.91. The summed E-state index contributed by atoms with van der Waals surface area (Å²) in [5.74, 6) is -1.40. The zero-order valence-corrected chi connectivity index (χ0v) is 21.9. The summed E-state index contributed by atoms with van der Waals surface area (Å²) >= 11 is 0. The second-order valence-corrected chi connectivity index (χ2v) is 9.50. The third-order valence-corrected chi connectivity index (χ3v) is 6.39. The van der Waals surface area contributed by atoms with Gasteiger partial charge >= 0.3 is 12.4 Å². The lowest BCUT2D eigenvalue weighted by Crippen LogP contribution is -2.54. The van der Waals surface area contributed by atoms with E-state index < -0.39 is 52.9 Å². The molecule has 6 nitrogen and oxygen atoms in total. The molecule has 3 aromatic carbocycles. The number of rotatable bonds is 8. The number of nitriles is 1. The fourth-order valence-corrected chi connectivity index (χ4v) is 3.99. The van der Waals surface area contributed by atoms with Gasteiger partial charge in [-0.1, -0.05) is 0 Å². The Morgan fingerprint density at radius 1 is 0.951 bits per heavy atom. The quantitative estimate of drug-likeness (QED) is 0.233. The van der Waals surface area contributed by atoms with Crippen LogP contribution in [0.5, 0.6) is 0 Å². The van der Waals surface area contributed by atoms with Crippen molar-refractivity contribution in [1.29, 1.82) is 5.26 Å². The molecule has 0 aliphatic rings. The van der Waals surface area contributed by atoms with Gasteiger partial charge in [0.1, 0.15) is 11.4 Å². The van der Waals surface area contributed by atoms with Crippen molar-refractivity contribution in [3.05, 3.63) is 88.7 Å². The van der Waals surface area contributed by atoms with E-state index in [4.69, 9.17) is 5.26 Å². The SMILES string of the molecule is CN(C(=O)C(C)(C)N(C=O)Cc1cc(C(F)(F)F)ccc1Nc1ccc(F)cc1)c1ccc(C#N)c(C(F)(F)F)c1.